The first-order valence-corrected chi connectivity index (χ1v) is 8.66. The van der Waals surface area contributed by atoms with Crippen LogP contribution in [-0.2, 0) is 16.9 Å². The monoisotopic (exact) mass is 316 g/mol. The molecule has 5 nitrogen and oxygen atoms in total. The van der Waals surface area contributed by atoms with Crippen molar-refractivity contribution in [2.24, 2.45) is 7.05 Å². The molecule has 1 heterocycles. The average molecular weight is 316 g/mol. The smallest absolute Gasteiger partial charge is 0.175 e. The van der Waals surface area contributed by atoms with Crippen LogP contribution in [0.3, 0.4) is 0 Å². The van der Waals surface area contributed by atoms with Crippen molar-refractivity contribution in [1.82, 2.24) is 9.78 Å². The molecule has 0 aliphatic rings. The first-order valence-electron chi connectivity index (χ1n) is 6.76. The number of nitrogens with zero attached hydrogens (tertiary/aromatic N) is 2. The largest absolute Gasteiger partial charge is 0.457 e. The van der Waals surface area contributed by atoms with Crippen molar-refractivity contribution in [2.45, 2.75) is 11.8 Å². The lowest BCUT2D eigenvalue weighted by Crippen LogP contribution is -1.96. The summed E-state index contributed by atoms with van der Waals surface area (Å²) in [6.45, 7) is 1.98. The number of hydrogen-bond donors (Lipinski definition) is 0. The summed E-state index contributed by atoms with van der Waals surface area (Å²) in [6, 6.07) is 12.1. The summed E-state index contributed by atoms with van der Waals surface area (Å²) in [4.78, 5) is 0.274. The lowest BCUT2D eigenvalue weighted by atomic mass is 10.2. The van der Waals surface area contributed by atoms with Crippen LogP contribution in [0.1, 0.15) is 5.69 Å². The number of benzene rings is 2. The molecule has 0 unspecified atom stereocenters. The second kappa shape index (κ2) is 5.14. The van der Waals surface area contributed by atoms with Crippen LogP contribution in [0.2, 0.25) is 0 Å². The number of aromatic nitrogens is 2. The molecule has 3 aromatic rings. The van der Waals surface area contributed by atoms with E-state index >= 15 is 0 Å². The summed E-state index contributed by atoms with van der Waals surface area (Å²) < 4.78 is 30.7. The summed E-state index contributed by atoms with van der Waals surface area (Å²) >= 11 is 0. The lowest BCUT2D eigenvalue weighted by molar-refractivity contribution is 0.487. The molecule has 0 radical (unpaired) electrons. The van der Waals surface area contributed by atoms with E-state index in [9.17, 15) is 8.42 Å². The van der Waals surface area contributed by atoms with Crippen molar-refractivity contribution in [3.05, 3.63) is 48.2 Å². The number of aryl methyl sites for hydroxylation is 2. The molecule has 2 aromatic carbocycles. The van der Waals surface area contributed by atoms with Gasteiger partial charge in [0, 0.05) is 19.0 Å². The molecule has 3 rings (SSSR count). The maximum absolute atomic E-state index is 11.5. The summed E-state index contributed by atoms with van der Waals surface area (Å²) in [5, 5.41) is 5.37. The van der Waals surface area contributed by atoms with Crippen LogP contribution in [0.15, 0.2) is 47.4 Å². The quantitative estimate of drug-likeness (QED) is 0.745. The van der Waals surface area contributed by atoms with Gasteiger partial charge in [0.1, 0.15) is 11.5 Å². The molecule has 0 N–H and O–H groups in total. The number of sulfone groups is 1. The van der Waals surface area contributed by atoms with Gasteiger partial charge in [-0.1, -0.05) is 6.07 Å². The highest BCUT2D eigenvalue weighted by Crippen LogP contribution is 2.32. The first-order chi connectivity index (χ1) is 10.4. The van der Waals surface area contributed by atoms with Crippen molar-refractivity contribution < 1.29 is 13.2 Å². The number of hydrogen-bond acceptors (Lipinski definition) is 4. The first kappa shape index (κ1) is 14.6. The number of rotatable bonds is 3. The van der Waals surface area contributed by atoms with E-state index in [1.807, 2.05) is 36.9 Å². The van der Waals surface area contributed by atoms with Crippen molar-refractivity contribution in [2.75, 3.05) is 6.26 Å². The maximum atomic E-state index is 11.5. The maximum Gasteiger partial charge on any atom is 0.175 e. The van der Waals surface area contributed by atoms with Crippen LogP contribution in [0.5, 0.6) is 11.5 Å². The highest BCUT2D eigenvalue weighted by Gasteiger charge is 2.12. The van der Waals surface area contributed by atoms with Gasteiger partial charge in [-0.25, -0.2) is 8.42 Å². The van der Waals surface area contributed by atoms with Gasteiger partial charge >= 0.3 is 0 Å². The topological polar surface area (TPSA) is 61.2 Å². The molecule has 0 saturated carbocycles. The van der Waals surface area contributed by atoms with E-state index in [0.717, 1.165) is 16.6 Å². The Morgan fingerprint density at radius 1 is 1.09 bits per heavy atom. The molecular formula is C16H16N2O3S. The molecule has 0 fully saturated rings. The minimum absolute atomic E-state index is 0.274. The molecule has 0 bridgehead atoms. The molecule has 1 aromatic heterocycles. The summed E-state index contributed by atoms with van der Waals surface area (Å²) in [5.74, 6) is 1.29. The molecular weight excluding hydrogens is 300 g/mol. The highest BCUT2D eigenvalue weighted by atomic mass is 32.2. The molecule has 0 saturated heterocycles. The molecule has 0 aliphatic heterocycles. The zero-order valence-corrected chi connectivity index (χ0v) is 13.4. The zero-order valence-electron chi connectivity index (χ0n) is 12.6. The van der Waals surface area contributed by atoms with Crippen LogP contribution in [0.4, 0.5) is 0 Å². The summed E-state index contributed by atoms with van der Waals surface area (Å²) in [7, 11) is -1.31. The van der Waals surface area contributed by atoms with Gasteiger partial charge in [0.25, 0.3) is 0 Å². The van der Waals surface area contributed by atoms with Crippen LogP contribution in [0, 0.1) is 6.92 Å². The van der Waals surface area contributed by atoms with Gasteiger partial charge in [0.2, 0.25) is 0 Å². The van der Waals surface area contributed by atoms with Gasteiger partial charge in [-0.15, -0.1) is 0 Å². The molecule has 114 valence electrons. The number of ether oxygens (including phenoxy) is 1. The second-order valence-electron chi connectivity index (χ2n) is 5.20. The third kappa shape index (κ3) is 2.57. The molecule has 0 amide bonds. The molecule has 22 heavy (non-hydrogen) atoms. The molecule has 6 heteroatoms. The van der Waals surface area contributed by atoms with Gasteiger partial charge in [0.15, 0.2) is 9.84 Å². The van der Waals surface area contributed by atoms with Gasteiger partial charge in [-0.2, -0.15) is 5.10 Å². The van der Waals surface area contributed by atoms with E-state index in [-0.39, 0.29) is 4.90 Å². The summed E-state index contributed by atoms with van der Waals surface area (Å²) in [6.07, 6.45) is 1.18. The van der Waals surface area contributed by atoms with Crippen molar-refractivity contribution >= 4 is 20.7 Å². The van der Waals surface area contributed by atoms with Crippen molar-refractivity contribution in [3.8, 4) is 11.5 Å². The Labute approximate surface area is 129 Å². The van der Waals surface area contributed by atoms with E-state index in [1.165, 1.54) is 6.26 Å². The van der Waals surface area contributed by atoms with Gasteiger partial charge in [0.05, 0.1) is 15.8 Å². The average Bonchev–Trinajstić information content (AvgIpc) is 2.75. The fourth-order valence-electron chi connectivity index (χ4n) is 2.33. The molecule has 0 atom stereocenters. The van der Waals surface area contributed by atoms with Crippen LogP contribution in [-0.4, -0.2) is 24.5 Å². The molecule has 0 spiro atoms. The Hall–Kier alpha value is -2.34. The fraction of sp³-hybridized carbons (Fsp3) is 0.188. The lowest BCUT2D eigenvalue weighted by Gasteiger charge is -2.08. The number of fused-ring (bicyclic) bond motifs is 1. The normalized spacial score (nSPS) is 11.8. The highest BCUT2D eigenvalue weighted by molar-refractivity contribution is 7.90. The second-order valence-corrected chi connectivity index (χ2v) is 7.22. The minimum Gasteiger partial charge on any atom is -0.457 e. The fourth-order valence-corrected chi connectivity index (χ4v) is 2.96. The van der Waals surface area contributed by atoms with Gasteiger partial charge in [-0.05, 0) is 43.3 Å². The van der Waals surface area contributed by atoms with Gasteiger partial charge < -0.3 is 4.74 Å². The Morgan fingerprint density at radius 3 is 2.41 bits per heavy atom. The van der Waals surface area contributed by atoms with E-state index in [0.29, 0.717) is 11.5 Å². The Morgan fingerprint density at radius 2 is 1.77 bits per heavy atom. The third-order valence-electron chi connectivity index (χ3n) is 3.59. The van der Waals surface area contributed by atoms with Gasteiger partial charge in [-0.3, -0.25) is 4.68 Å². The van der Waals surface area contributed by atoms with Crippen molar-refractivity contribution in [3.63, 3.8) is 0 Å². The Balaban J connectivity index is 2.00. The Kier molecular flexibility index (Phi) is 3.41. The van der Waals surface area contributed by atoms with E-state index in [1.54, 1.807) is 24.3 Å². The van der Waals surface area contributed by atoms with Crippen LogP contribution in [0.25, 0.3) is 10.9 Å². The summed E-state index contributed by atoms with van der Waals surface area (Å²) in [5.41, 5.74) is 1.88. The standard InChI is InChI=1S/C16H16N2O3S/c1-11-16-14(17-18(11)2)5-4-6-15(16)21-12-7-9-13(10-8-12)22(3,19)20/h4-10H,1-3H3. The van der Waals surface area contributed by atoms with Crippen molar-refractivity contribution in [1.29, 1.82) is 0 Å². The predicted octanol–water partition coefficient (Wildman–Crippen LogP) is 3.08. The van der Waals surface area contributed by atoms with Crippen LogP contribution >= 0.6 is 0 Å². The van der Waals surface area contributed by atoms with E-state index in [4.69, 9.17) is 4.74 Å². The predicted molar refractivity (Wildman–Crippen MR) is 85.1 cm³/mol. The minimum atomic E-state index is -3.20. The zero-order chi connectivity index (χ0) is 15.9. The van der Waals surface area contributed by atoms with Crippen LogP contribution < -0.4 is 4.74 Å². The third-order valence-corrected chi connectivity index (χ3v) is 4.72. The molecule has 0 aliphatic carbocycles. The van der Waals surface area contributed by atoms with E-state index < -0.39 is 9.84 Å². The Bertz CT molecular complexity index is 941. The SMILES string of the molecule is Cc1c2c(Oc3ccc(S(C)(=O)=O)cc3)cccc2nn1C. The van der Waals surface area contributed by atoms with E-state index in [2.05, 4.69) is 5.10 Å².